The molecule has 0 radical (unpaired) electrons. The summed E-state index contributed by atoms with van der Waals surface area (Å²) in [5.74, 6) is 0. The SMILES string of the molecule is CCOC(C)(CC)C(N)Cc1cc(Br)cs1. The van der Waals surface area contributed by atoms with Crippen LogP contribution in [0.3, 0.4) is 0 Å². The second-order valence-electron chi connectivity index (χ2n) is 4.14. The van der Waals surface area contributed by atoms with E-state index < -0.39 is 0 Å². The minimum Gasteiger partial charge on any atom is -0.374 e. The van der Waals surface area contributed by atoms with Gasteiger partial charge in [-0.1, -0.05) is 6.92 Å². The van der Waals surface area contributed by atoms with Gasteiger partial charge >= 0.3 is 0 Å². The maximum Gasteiger partial charge on any atom is 0.0805 e. The fourth-order valence-corrected chi connectivity index (χ4v) is 3.21. The van der Waals surface area contributed by atoms with Gasteiger partial charge in [-0.15, -0.1) is 11.3 Å². The van der Waals surface area contributed by atoms with E-state index in [9.17, 15) is 0 Å². The van der Waals surface area contributed by atoms with E-state index in [0.717, 1.165) is 17.3 Å². The van der Waals surface area contributed by atoms with Crippen LogP contribution in [0.4, 0.5) is 0 Å². The van der Waals surface area contributed by atoms with Crippen molar-refractivity contribution in [1.29, 1.82) is 0 Å². The highest BCUT2D eigenvalue weighted by molar-refractivity contribution is 9.10. The van der Waals surface area contributed by atoms with Crippen molar-refractivity contribution in [3.8, 4) is 0 Å². The van der Waals surface area contributed by atoms with Gasteiger partial charge in [-0.2, -0.15) is 0 Å². The van der Waals surface area contributed by atoms with Gasteiger partial charge in [0, 0.05) is 27.4 Å². The summed E-state index contributed by atoms with van der Waals surface area (Å²) >= 11 is 5.20. The molecule has 16 heavy (non-hydrogen) atoms. The molecular formula is C12H20BrNOS. The van der Waals surface area contributed by atoms with Crippen molar-refractivity contribution in [3.05, 3.63) is 20.8 Å². The molecular weight excluding hydrogens is 286 g/mol. The molecule has 1 aromatic rings. The first-order valence-electron chi connectivity index (χ1n) is 5.64. The van der Waals surface area contributed by atoms with Gasteiger partial charge in [0.15, 0.2) is 0 Å². The molecule has 0 aliphatic heterocycles. The van der Waals surface area contributed by atoms with Crippen molar-refractivity contribution < 1.29 is 4.74 Å². The molecule has 0 saturated carbocycles. The number of thiophene rings is 1. The van der Waals surface area contributed by atoms with Crippen LogP contribution in [-0.4, -0.2) is 18.2 Å². The monoisotopic (exact) mass is 305 g/mol. The van der Waals surface area contributed by atoms with Gasteiger partial charge < -0.3 is 10.5 Å². The third-order valence-corrected chi connectivity index (χ3v) is 4.72. The highest BCUT2D eigenvalue weighted by atomic mass is 79.9. The first-order chi connectivity index (χ1) is 7.51. The van der Waals surface area contributed by atoms with Crippen molar-refractivity contribution in [2.24, 2.45) is 5.73 Å². The lowest BCUT2D eigenvalue weighted by atomic mass is 9.91. The van der Waals surface area contributed by atoms with Gasteiger partial charge in [0.2, 0.25) is 0 Å². The molecule has 1 heterocycles. The number of hydrogen-bond donors (Lipinski definition) is 1. The molecule has 4 heteroatoms. The predicted octanol–water partition coefficient (Wildman–Crippen LogP) is 3.59. The largest absolute Gasteiger partial charge is 0.374 e. The summed E-state index contributed by atoms with van der Waals surface area (Å²) in [7, 11) is 0. The number of rotatable bonds is 6. The maximum absolute atomic E-state index is 6.26. The Balaban J connectivity index is 2.65. The smallest absolute Gasteiger partial charge is 0.0805 e. The van der Waals surface area contributed by atoms with Crippen molar-refractivity contribution >= 4 is 27.3 Å². The molecule has 2 nitrogen and oxygen atoms in total. The molecule has 2 atom stereocenters. The highest BCUT2D eigenvalue weighted by Gasteiger charge is 2.30. The second-order valence-corrected chi connectivity index (χ2v) is 6.05. The van der Waals surface area contributed by atoms with Gasteiger partial charge in [0.25, 0.3) is 0 Å². The normalized spacial score (nSPS) is 17.1. The Morgan fingerprint density at radius 2 is 2.25 bits per heavy atom. The van der Waals surface area contributed by atoms with Crippen LogP contribution >= 0.6 is 27.3 Å². The van der Waals surface area contributed by atoms with E-state index in [1.807, 2.05) is 6.92 Å². The van der Waals surface area contributed by atoms with E-state index in [2.05, 4.69) is 41.2 Å². The molecule has 2 N–H and O–H groups in total. The summed E-state index contributed by atoms with van der Waals surface area (Å²) in [6, 6.07) is 2.18. The number of halogens is 1. The number of hydrogen-bond acceptors (Lipinski definition) is 3. The Morgan fingerprint density at radius 3 is 2.69 bits per heavy atom. The first-order valence-corrected chi connectivity index (χ1v) is 7.31. The average Bonchev–Trinajstić information content (AvgIpc) is 2.64. The summed E-state index contributed by atoms with van der Waals surface area (Å²) in [4.78, 5) is 1.30. The Morgan fingerprint density at radius 1 is 1.56 bits per heavy atom. The molecule has 0 aliphatic rings. The van der Waals surface area contributed by atoms with Crippen LogP contribution < -0.4 is 5.73 Å². The van der Waals surface area contributed by atoms with Crippen molar-refractivity contribution in [3.63, 3.8) is 0 Å². The minimum atomic E-state index is -0.217. The average molecular weight is 306 g/mol. The van der Waals surface area contributed by atoms with Crippen LogP contribution in [0.25, 0.3) is 0 Å². The fraction of sp³-hybridized carbons (Fsp3) is 0.667. The molecule has 0 fully saturated rings. The van der Waals surface area contributed by atoms with Gasteiger partial charge in [0.05, 0.1) is 5.60 Å². The third-order valence-electron chi connectivity index (χ3n) is 3.00. The standard InChI is InChI=1S/C12H20BrNOS/c1-4-12(3,15-5-2)11(14)7-10-6-9(13)8-16-10/h6,8,11H,4-5,7,14H2,1-3H3. The van der Waals surface area contributed by atoms with Crippen LogP contribution in [0.5, 0.6) is 0 Å². The van der Waals surface area contributed by atoms with Gasteiger partial charge in [-0.3, -0.25) is 0 Å². The van der Waals surface area contributed by atoms with Gasteiger partial charge in [-0.05, 0) is 48.7 Å². The topological polar surface area (TPSA) is 35.2 Å². The van der Waals surface area contributed by atoms with Crippen LogP contribution in [-0.2, 0) is 11.2 Å². The molecule has 0 aliphatic carbocycles. The Bertz CT molecular complexity index is 329. The van der Waals surface area contributed by atoms with E-state index in [1.165, 1.54) is 4.88 Å². The summed E-state index contributed by atoms with van der Waals surface area (Å²) < 4.78 is 6.92. The minimum absolute atomic E-state index is 0.0444. The number of ether oxygens (including phenoxy) is 1. The van der Waals surface area contributed by atoms with Gasteiger partial charge in [-0.25, -0.2) is 0 Å². The van der Waals surface area contributed by atoms with E-state index in [0.29, 0.717) is 6.61 Å². The van der Waals surface area contributed by atoms with Crippen molar-refractivity contribution in [2.75, 3.05) is 6.61 Å². The molecule has 0 aromatic carbocycles. The van der Waals surface area contributed by atoms with Crippen LogP contribution in [0.15, 0.2) is 15.9 Å². The lowest BCUT2D eigenvalue weighted by Crippen LogP contribution is -2.48. The van der Waals surface area contributed by atoms with Crippen LogP contribution in [0, 0.1) is 0 Å². The van der Waals surface area contributed by atoms with E-state index in [-0.39, 0.29) is 11.6 Å². The summed E-state index contributed by atoms with van der Waals surface area (Å²) in [6.45, 7) is 6.96. The van der Waals surface area contributed by atoms with Crippen molar-refractivity contribution in [1.82, 2.24) is 0 Å². The summed E-state index contributed by atoms with van der Waals surface area (Å²) in [5.41, 5.74) is 6.04. The van der Waals surface area contributed by atoms with Crippen LogP contribution in [0.2, 0.25) is 0 Å². The molecule has 0 saturated heterocycles. The third kappa shape index (κ3) is 3.55. The van der Waals surface area contributed by atoms with Crippen LogP contribution in [0.1, 0.15) is 32.1 Å². The summed E-state index contributed by atoms with van der Waals surface area (Å²) in [5, 5.41) is 2.09. The summed E-state index contributed by atoms with van der Waals surface area (Å²) in [6.07, 6.45) is 1.81. The molecule has 0 bridgehead atoms. The lowest BCUT2D eigenvalue weighted by molar-refractivity contribution is -0.0459. The van der Waals surface area contributed by atoms with E-state index in [4.69, 9.17) is 10.5 Å². The molecule has 1 rings (SSSR count). The fourth-order valence-electron chi connectivity index (χ4n) is 1.69. The quantitative estimate of drug-likeness (QED) is 0.872. The Hall–Kier alpha value is 0.1000. The zero-order valence-electron chi connectivity index (χ0n) is 10.1. The van der Waals surface area contributed by atoms with E-state index >= 15 is 0 Å². The van der Waals surface area contributed by atoms with E-state index in [1.54, 1.807) is 11.3 Å². The zero-order chi connectivity index (χ0) is 12.2. The molecule has 0 spiro atoms. The lowest BCUT2D eigenvalue weighted by Gasteiger charge is -2.34. The second kappa shape index (κ2) is 6.15. The Kier molecular flexibility index (Phi) is 5.44. The molecule has 1 aromatic heterocycles. The van der Waals surface area contributed by atoms with Crippen molar-refractivity contribution in [2.45, 2.75) is 45.3 Å². The molecule has 0 amide bonds. The Labute approximate surface area is 110 Å². The molecule has 92 valence electrons. The maximum atomic E-state index is 6.26. The zero-order valence-corrected chi connectivity index (χ0v) is 12.5. The first kappa shape index (κ1) is 14.2. The number of nitrogens with two attached hydrogens (primary N) is 1. The highest BCUT2D eigenvalue weighted by Crippen LogP contribution is 2.26. The predicted molar refractivity (Wildman–Crippen MR) is 74.0 cm³/mol. The molecule has 2 unspecified atom stereocenters. The van der Waals surface area contributed by atoms with Gasteiger partial charge in [0.1, 0.15) is 0 Å².